The summed E-state index contributed by atoms with van der Waals surface area (Å²) in [6.45, 7) is 2.02. The summed E-state index contributed by atoms with van der Waals surface area (Å²) in [5.41, 5.74) is 12.7. The summed E-state index contributed by atoms with van der Waals surface area (Å²) in [5.74, 6) is 0. The highest BCUT2D eigenvalue weighted by atomic mass is 14.6. The van der Waals surface area contributed by atoms with Crippen LogP contribution in [0.3, 0.4) is 0 Å². The Morgan fingerprint density at radius 1 is 0.857 bits per heavy atom. The first-order valence-electron chi connectivity index (χ1n) is 7.63. The summed E-state index contributed by atoms with van der Waals surface area (Å²) in [6, 6.07) is 20.0. The molecule has 0 saturated heterocycles. The molecule has 3 aromatic carbocycles. The van der Waals surface area contributed by atoms with Gasteiger partial charge in [0.1, 0.15) is 0 Å². The molecule has 2 N–H and O–H groups in total. The Morgan fingerprint density at radius 3 is 2.29 bits per heavy atom. The smallest absolute Gasteiger partial charge is 0.0266 e. The first kappa shape index (κ1) is 12.6. The molecule has 0 saturated carbocycles. The largest absolute Gasteiger partial charge is 0.324 e. The van der Waals surface area contributed by atoms with Crippen molar-refractivity contribution in [3.63, 3.8) is 0 Å². The van der Waals surface area contributed by atoms with Crippen molar-refractivity contribution in [2.75, 3.05) is 0 Å². The van der Waals surface area contributed by atoms with Crippen LogP contribution in [-0.2, 0) is 12.8 Å². The maximum atomic E-state index is 5.94. The van der Waals surface area contributed by atoms with E-state index in [1.54, 1.807) is 0 Å². The molecular weight excluding hydrogens is 254 g/mol. The van der Waals surface area contributed by atoms with Gasteiger partial charge in [-0.3, -0.25) is 0 Å². The SMILES string of the molecule is CC(N)c1ccc(-c2ccc3c4c(cccc24)CC3)cc1. The topological polar surface area (TPSA) is 26.0 Å². The second-order valence-electron chi connectivity index (χ2n) is 6.02. The van der Waals surface area contributed by atoms with Gasteiger partial charge < -0.3 is 5.73 Å². The first-order valence-corrected chi connectivity index (χ1v) is 7.63. The molecular formula is C20H19N. The zero-order valence-corrected chi connectivity index (χ0v) is 12.3. The maximum Gasteiger partial charge on any atom is 0.0266 e. The number of nitrogens with two attached hydrogens (primary N) is 1. The number of aryl methyl sites for hydroxylation is 2. The zero-order chi connectivity index (χ0) is 14.4. The third kappa shape index (κ3) is 1.97. The summed E-state index contributed by atoms with van der Waals surface area (Å²) < 4.78 is 0. The average molecular weight is 273 g/mol. The highest BCUT2D eigenvalue weighted by Crippen LogP contribution is 2.37. The fourth-order valence-electron chi connectivity index (χ4n) is 3.46. The molecule has 1 heteroatoms. The molecule has 0 amide bonds. The minimum absolute atomic E-state index is 0.0897. The van der Waals surface area contributed by atoms with Gasteiger partial charge in [0.2, 0.25) is 0 Å². The van der Waals surface area contributed by atoms with Crippen molar-refractivity contribution in [2.45, 2.75) is 25.8 Å². The Kier molecular flexibility index (Phi) is 2.83. The van der Waals surface area contributed by atoms with Gasteiger partial charge in [0.15, 0.2) is 0 Å². The Morgan fingerprint density at radius 2 is 1.57 bits per heavy atom. The van der Waals surface area contributed by atoms with E-state index in [0.717, 1.165) is 0 Å². The molecule has 0 spiro atoms. The lowest BCUT2D eigenvalue weighted by atomic mass is 9.94. The van der Waals surface area contributed by atoms with E-state index in [1.165, 1.54) is 51.4 Å². The molecule has 0 radical (unpaired) electrons. The molecule has 104 valence electrons. The van der Waals surface area contributed by atoms with Gasteiger partial charge in [-0.1, -0.05) is 54.6 Å². The van der Waals surface area contributed by atoms with Crippen LogP contribution in [0.1, 0.15) is 29.7 Å². The van der Waals surface area contributed by atoms with Crippen molar-refractivity contribution >= 4 is 10.8 Å². The van der Waals surface area contributed by atoms with E-state index in [-0.39, 0.29) is 6.04 Å². The van der Waals surface area contributed by atoms with Crippen molar-refractivity contribution < 1.29 is 0 Å². The van der Waals surface area contributed by atoms with Crippen LogP contribution in [-0.4, -0.2) is 0 Å². The highest BCUT2D eigenvalue weighted by molar-refractivity contribution is 6.01. The summed E-state index contributed by atoms with van der Waals surface area (Å²) in [4.78, 5) is 0. The van der Waals surface area contributed by atoms with E-state index in [0.29, 0.717) is 0 Å². The van der Waals surface area contributed by atoms with Crippen LogP contribution in [0.25, 0.3) is 21.9 Å². The van der Waals surface area contributed by atoms with Crippen LogP contribution in [0.4, 0.5) is 0 Å². The van der Waals surface area contributed by atoms with Crippen molar-refractivity contribution in [3.8, 4) is 11.1 Å². The summed E-state index contributed by atoms with van der Waals surface area (Å²) >= 11 is 0. The van der Waals surface area contributed by atoms with Crippen LogP contribution in [0.5, 0.6) is 0 Å². The highest BCUT2D eigenvalue weighted by Gasteiger charge is 2.16. The average Bonchev–Trinajstić information content (AvgIpc) is 2.93. The fraction of sp³-hybridized carbons (Fsp3) is 0.200. The summed E-state index contributed by atoms with van der Waals surface area (Å²) in [7, 11) is 0. The summed E-state index contributed by atoms with van der Waals surface area (Å²) in [6.07, 6.45) is 2.36. The number of benzene rings is 3. The number of rotatable bonds is 2. The molecule has 0 aromatic heterocycles. The molecule has 1 atom stereocenters. The standard InChI is InChI=1S/C20H19N/c1-13(21)14-5-7-15(8-6-14)18-12-11-17-10-9-16-3-2-4-19(18)20(16)17/h2-8,11-13H,9-10,21H2,1H3. The quantitative estimate of drug-likeness (QED) is 0.724. The second kappa shape index (κ2) is 4.71. The number of hydrogen-bond donors (Lipinski definition) is 1. The Labute approximate surface area is 125 Å². The van der Waals surface area contributed by atoms with Crippen LogP contribution >= 0.6 is 0 Å². The van der Waals surface area contributed by atoms with Gasteiger partial charge in [-0.2, -0.15) is 0 Å². The van der Waals surface area contributed by atoms with Gasteiger partial charge in [-0.15, -0.1) is 0 Å². The predicted octanol–water partition coefficient (Wildman–Crippen LogP) is 4.63. The fourth-order valence-corrected chi connectivity index (χ4v) is 3.46. The molecule has 21 heavy (non-hydrogen) atoms. The lowest BCUT2D eigenvalue weighted by Gasteiger charge is -2.11. The number of hydrogen-bond acceptors (Lipinski definition) is 1. The third-order valence-electron chi connectivity index (χ3n) is 4.62. The molecule has 0 heterocycles. The lowest BCUT2D eigenvalue weighted by molar-refractivity contribution is 0.818. The maximum absolute atomic E-state index is 5.94. The predicted molar refractivity (Wildman–Crippen MR) is 89.4 cm³/mol. The molecule has 1 aliphatic rings. The van der Waals surface area contributed by atoms with E-state index < -0.39 is 0 Å². The Bertz CT molecular complexity index is 803. The Hall–Kier alpha value is -2.12. The lowest BCUT2D eigenvalue weighted by Crippen LogP contribution is -2.04. The van der Waals surface area contributed by atoms with Gasteiger partial charge in [-0.25, -0.2) is 0 Å². The summed E-state index contributed by atoms with van der Waals surface area (Å²) in [5, 5.41) is 2.86. The minimum Gasteiger partial charge on any atom is -0.324 e. The molecule has 3 aromatic rings. The molecule has 1 nitrogen and oxygen atoms in total. The van der Waals surface area contributed by atoms with Gasteiger partial charge in [0.05, 0.1) is 0 Å². The zero-order valence-electron chi connectivity index (χ0n) is 12.3. The van der Waals surface area contributed by atoms with Gasteiger partial charge in [-0.05, 0) is 58.4 Å². The van der Waals surface area contributed by atoms with E-state index in [1.807, 2.05) is 6.92 Å². The monoisotopic (exact) mass is 273 g/mol. The third-order valence-corrected chi connectivity index (χ3v) is 4.62. The molecule has 0 bridgehead atoms. The molecule has 1 aliphatic carbocycles. The van der Waals surface area contributed by atoms with Crippen LogP contribution < -0.4 is 5.73 Å². The van der Waals surface area contributed by atoms with Gasteiger partial charge in [0, 0.05) is 6.04 Å². The van der Waals surface area contributed by atoms with E-state index in [2.05, 4.69) is 54.6 Å². The van der Waals surface area contributed by atoms with Gasteiger partial charge in [0.25, 0.3) is 0 Å². The van der Waals surface area contributed by atoms with Crippen LogP contribution in [0.15, 0.2) is 54.6 Å². The molecule has 1 unspecified atom stereocenters. The van der Waals surface area contributed by atoms with Gasteiger partial charge >= 0.3 is 0 Å². The van der Waals surface area contributed by atoms with E-state index in [9.17, 15) is 0 Å². The second-order valence-corrected chi connectivity index (χ2v) is 6.02. The molecule has 0 fully saturated rings. The van der Waals surface area contributed by atoms with Crippen molar-refractivity contribution in [2.24, 2.45) is 5.73 Å². The van der Waals surface area contributed by atoms with E-state index in [4.69, 9.17) is 5.73 Å². The normalized spacial score (nSPS) is 14.6. The van der Waals surface area contributed by atoms with E-state index >= 15 is 0 Å². The van der Waals surface area contributed by atoms with Crippen molar-refractivity contribution in [1.82, 2.24) is 0 Å². The van der Waals surface area contributed by atoms with Crippen LogP contribution in [0, 0.1) is 0 Å². The van der Waals surface area contributed by atoms with Crippen molar-refractivity contribution in [3.05, 3.63) is 71.3 Å². The molecule has 4 rings (SSSR count). The molecule has 0 aliphatic heterocycles. The minimum atomic E-state index is 0.0897. The van der Waals surface area contributed by atoms with Crippen molar-refractivity contribution in [1.29, 1.82) is 0 Å². The van der Waals surface area contributed by atoms with Crippen LogP contribution in [0.2, 0.25) is 0 Å². The first-order chi connectivity index (χ1) is 10.2. The Balaban J connectivity index is 1.91.